The lowest BCUT2D eigenvalue weighted by Crippen LogP contribution is -2.30. The fourth-order valence-corrected chi connectivity index (χ4v) is 0.845. The Morgan fingerprint density at radius 1 is 1.62 bits per heavy atom. The maximum absolute atomic E-state index is 12.0. The normalized spacial score (nSPS) is 10.5. The molecule has 13 heavy (non-hydrogen) atoms. The van der Waals surface area contributed by atoms with Crippen LogP contribution in [0.3, 0.4) is 0 Å². The lowest BCUT2D eigenvalue weighted by atomic mass is 10.5. The highest BCUT2D eigenvalue weighted by atomic mass is 35.5. The third-order valence-corrected chi connectivity index (χ3v) is 1.47. The van der Waals surface area contributed by atoms with Gasteiger partial charge in [0.05, 0.1) is 6.20 Å². The van der Waals surface area contributed by atoms with Gasteiger partial charge in [-0.1, -0.05) is 11.6 Å². The summed E-state index contributed by atoms with van der Waals surface area (Å²) in [6.45, 7) is 0. The Kier molecular flexibility index (Phi) is 2.72. The molecular formula is C6H5ClF2N4. The van der Waals surface area contributed by atoms with E-state index in [0.29, 0.717) is 4.57 Å². The second-order valence-electron chi connectivity index (χ2n) is 2.15. The van der Waals surface area contributed by atoms with Crippen LogP contribution < -0.4 is 5.49 Å². The van der Waals surface area contributed by atoms with E-state index in [1.807, 2.05) is 0 Å². The number of rotatable bonds is 1. The van der Waals surface area contributed by atoms with Crippen LogP contribution in [0.2, 0.25) is 5.15 Å². The first-order valence-electron chi connectivity index (χ1n) is 3.18. The molecular weight excluding hydrogens is 202 g/mol. The summed E-state index contributed by atoms with van der Waals surface area (Å²) in [7, 11) is 0. The lowest BCUT2D eigenvalue weighted by molar-refractivity contribution is 0.219. The molecule has 70 valence electrons. The van der Waals surface area contributed by atoms with Gasteiger partial charge in [0.25, 0.3) is 6.43 Å². The number of hydrogen-bond acceptors (Lipinski definition) is 3. The quantitative estimate of drug-likeness (QED) is 0.525. The van der Waals surface area contributed by atoms with E-state index >= 15 is 0 Å². The molecule has 0 saturated heterocycles. The van der Waals surface area contributed by atoms with Gasteiger partial charge in [0.2, 0.25) is 0 Å². The largest absolute Gasteiger partial charge is 0.295 e. The van der Waals surface area contributed by atoms with Gasteiger partial charge in [-0.3, -0.25) is 15.4 Å². The average Bonchev–Trinajstić information content (AvgIpc) is 2.08. The maximum Gasteiger partial charge on any atom is 0.295 e. The number of nitrogens with one attached hydrogen (secondary N) is 2. The topological polar surface area (TPSA) is 65.5 Å². The first kappa shape index (κ1) is 9.79. The summed E-state index contributed by atoms with van der Waals surface area (Å²) in [4.78, 5) is 3.50. The van der Waals surface area contributed by atoms with Gasteiger partial charge in [0.15, 0.2) is 5.84 Å². The minimum Gasteiger partial charge on any atom is -0.283 e. The average molecular weight is 207 g/mol. The molecule has 1 heterocycles. The maximum atomic E-state index is 12.0. The molecule has 0 saturated carbocycles. The van der Waals surface area contributed by atoms with Crippen LogP contribution in [0.1, 0.15) is 0 Å². The van der Waals surface area contributed by atoms with Crippen LogP contribution in [0.5, 0.6) is 0 Å². The zero-order valence-corrected chi connectivity index (χ0v) is 7.02. The van der Waals surface area contributed by atoms with E-state index < -0.39 is 12.3 Å². The van der Waals surface area contributed by atoms with Crippen LogP contribution in [0, 0.1) is 10.8 Å². The number of alkyl halides is 2. The van der Waals surface area contributed by atoms with Gasteiger partial charge in [0, 0.05) is 6.20 Å². The van der Waals surface area contributed by atoms with Crippen LogP contribution in [0.4, 0.5) is 8.78 Å². The summed E-state index contributed by atoms with van der Waals surface area (Å²) in [5.74, 6) is -0.991. The van der Waals surface area contributed by atoms with E-state index in [2.05, 4.69) is 4.98 Å². The van der Waals surface area contributed by atoms with Crippen molar-refractivity contribution in [3.8, 4) is 0 Å². The van der Waals surface area contributed by atoms with E-state index in [1.54, 1.807) is 0 Å². The molecule has 0 aliphatic rings. The summed E-state index contributed by atoms with van der Waals surface area (Å²) < 4.78 is 24.7. The number of halogens is 3. The van der Waals surface area contributed by atoms with Crippen LogP contribution in [-0.2, 0) is 0 Å². The monoisotopic (exact) mass is 206 g/mol. The molecule has 0 spiro atoms. The van der Waals surface area contributed by atoms with Gasteiger partial charge in [-0.2, -0.15) is 0 Å². The molecule has 0 aromatic carbocycles. The zero-order chi connectivity index (χ0) is 10.0. The second kappa shape index (κ2) is 3.61. The Balaban J connectivity index is 3.21. The van der Waals surface area contributed by atoms with Crippen LogP contribution in [0.25, 0.3) is 0 Å². The van der Waals surface area contributed by atoms with Gasteiger partial charge in [-0.05, 0) is 0 Å². The third-order valence-electron chi connectivity index (χ3n) is 1.27. The molecule has 0 amide bonds. The molecule has 0 unspecified atom stereocenters. The predicted molar refractivity (Wildman–Crippen MR) is 42.2 cm³/mol. The Hall–Kier alpha value is -1.30. The Bertz CT molecular complexity index is 386. The molecule has 0 aliphatic carbocycles. The third kappa shape index (κ3) is 2.09. The van der Waals surface area contributed by atoms with E-state index in [-0.39, 0.29) is 10.6 Å². The molecule has 4 nitrogen and oxygen atoms in total. The van der Waals surface area contributed by atoms with Crippen molar-refractivity contribution in [3.63, 3.8) is 0 Å². The SMILES string of the molecule is N=C(C(F)F)n1cc(Cl)ncc1=N. The summed E-state index contributed by atoms with van der Waals surface area (Å²) in [5.41, 5.74) is -0.310. The van der Waals surface area contributed by atoms with Gasteiger partial charge in [-0.15, -0.1) is 0 Å². The summed E-state index contributed by atoms with van der Waals surface area (Å²) in [6.07, 6.45) is -0.940. The first-order valence-corrected chi connectivity index (χ1v) is 3.56. The van der Waals surface area contributed by atoms with Crippen molar-refractivity contribution in [3.05, 3.63) is 23.0 Å². The molecule has 7 heteroatoms. The molecule has 0 fully saturated rings. The summed E-state index contributed by atoms with van der Waals surface area (Å²) >= 11 is 5.41. The van der Waals surface area contributed by atoms with Crippen LogP contribution in [0.15, 0.2) is 12.4 Å². The van der Waals surface area contributed by atoms with Gasteiger partial charge < -0.3 is 0 Å². The molecule has 1 aromatic rings. The Labute approximate surface area is 76.8 Å². The van der Waals surface area contributed by atoms with Crippen LogP contribution >= 0.6 is 11.6 Å². The van der Waals surface area contributed by atoms with Crippen molar-refractivity contribution in [2.75, 3.05) is 0 Å². The standard InChI is InChI=1S/C6H5ClF2N4/c7-3-2-13(4(10)1-12-3)6(11)5(8)9/h1-2,5,10-11H. The predicted octanol–water partition coefficient (Wildman–Crippen LogP) is 1.11. The van der Waals surface area contributed by atoms with E-state index in [0.717, 1.165) is 12.4 Å². The molecule has 0 bridgehead atoms. The van der Waals surface area contributed by atoms with Crippen molar-refractivity contribution >= 4 is 17.4 Å². The minimum atomic E-state index is -2.94. The summed E-state index contributed by atoms with van der Waals surface area (Å²) in [6, 6.07) is 0. The highest BCUT2D eigenvalue weighted by Crippen LogP contribution is 2.01. The smallest absolute Gasteiger partial charge is 0.283 e. The van der Waals surface area contributed by atoms with Crippen molar-refractivity contribution in [1.82, 2.24) is 9.55 Å². The van der Waals surface area contributed by atoms with E-state index in [9.17, 15) is 8.78 Å². The van der Waals surface area contributed by atoms with Crippen molar-refractivity contribution in [2.45, 2.75) is 6.43 Å². The van der Waals surface area contributed by atoms with Gasteiger partial charge >= 0.3 is 0 Å². The van der Waals surface area contributed by atoms with Gasteiger partial charge in [-0.25, -0.2) is 13.8 Å². The van der Waals surface area contributed by atoms with Crippen molar-refractivity contribution in [2.24, 2.45) is 0 Å². The van der Waals surface area contributed by atoms with Crippen molar-refractivity contribution < 1.29 is 8.78 Å². The first-order chi connectivity index (χ1) is 6.02. The number of nitrogens with zero attached hydrogens (tertiary/aromatic N) is 2. The molecule has 0 radical (unpaired) electrons. The summed E-state index contributed by atoms with van der Waals surface area (Å²) in [5, 5.41) is 14.0. The molecule has 2 N–H and O–H groups in total. The highest BCUT2D eigenvalue weighted by Gasteiger charge is 2.13. The minimum absolute atomic E-state index is 0.0404. The highest BCUT2D eigenvalue weighted by molar-refractivity contribution is 6.29. The second-order valence-corrected chi connectivity index (χ2v) is 2.54. The Morgan fingerprint density at radius 3 is 2.77 bits per heavy atom. The zero-order valence-electron chi connectivity index (χ0n) is 6.26. The molecule has 1 aromatic heterocycles. The number of hydrogen-bond donors (Lipinski definition) is 2. The van der Waals surface area contributed by atoms with Crippen LogP contribution in [-0.4, -0.2) is 21.8 Å². The molecule has 0 atom stereocenters. The Morgan fingerprint density at radius 2 is 2.23 bits per heavy atom. The van der Waals surface area contributed by atoms with Gasteiger partial charge in [0.1, 0.15) is 10.6 Å². The fourth-order valence-electron chi connectivity index (χ4n) is 0.699. The fraction of sp³-hybridized carbons (Fsp3) is 0.167. The molecule has 0 aliphatic heterocycles. The number of aromatic nitrogens is 2. The van der Waals surface area contributed by atoms with E-state index in [1.165, 1.54) is 0 Å². The van der Waals surface area contributed by atoms with E-state index in [4.69, 9.17) is 22.4 Å². The van der Waals surface area contributed by atoms with Crippen molar-refractivity contribution in [1.29, 1.82) is 10.8 Å². The molecule has 1 rings (SSSR count). The lowest BCUT2D eigenvalue weighted by Gasteiger charge is -2.06.